The van der Waals surface area contributed by atoms with Crippen LogP contribution in [0.15, 0.2) is 59.0 Å². The summed E-state index contributed by atoms with van der Waals surface area (Å²) < 4.78 is 44.8. The number of amides is 1. The molecule has 0 spiro atoms. The quantitative estimate of drug-likeness (QED) is 0.544. The van der Waals surface area contributed by atoms with Crippen molar-refractivity contribution in [3.05, 3.63) is 76.0 Å². The highest BCUT2D eigenvalue weighted by molar-refractivity contribution is 6.34. The summed E-state index contributed by atoms with van der Waals surface area (Å²) in [4.78, 5) is 12.4. The predicted molar refractivity (Wildman–Crippen MR) is 93.6 cm³/mol. The normalized spacial score (nSPS) is 11.4. The lowest BCUT2D eigenvalue weighted by Crippen LogP contribution is -2.17. The van der Waals surface area contributed by atoms with Crippen molar-refractivity contribution in [1.82, 2.24) is 0 Å². The first-order valence-corrected chi connectivity index (χ1v) is 8.04. The van der Waals surface area contributed by atoms with Crippen molar-refractivity contribution < 1.29 is 22.4 Å². The molecule has 134 valence electrons. The zero-order valence-corrected chi connectivity index (χ0v) is 14.4. The summed E-state index contributed by atoms with van der Waals surface area (Å²) in [6, 6.07) is 13.3. The van der Waals surface area contributed by atoms with E-state index >= 15 is 0 Å². The van der Waals surface area contributed by atoms with Crippen LogP contribution in [-0.4, -0.2) is 5.91 Å². The lowest BCUT2D eigenvalue weighted by atomic mass is 10.1. The molecule has 26 heavy (non-hydrogen) atoms. The molecule has 3 nitrogen and oxygen atoms in total. The van der Waals surface area contributed by atoms with Gasteiger partial charge in [-0.2, -0.15) is 13.2 Å². The van der Waals surface area contributed by atoms with Gasteiger partial charge in [-0.3, -0.25) is 4.79 Å². The molecule has 8 heteroatoms. The summed E-state index contributed by atoms with van der Waals surface area (Å²) in [5.41, 5.74) is -0.0828. The van der Waals surface area contributed by atoms with Crippen LogP contribution in [0.4, 0.5) is 18.9 Å². The fourth-order valence-corrected chi connectivity index (χ4v) is 2.59. The third-order valence-electron chi connectivity index (χ3n) is 3.48. The van der Waals surface area contributed by atoms with E-state index in [4.69, 9.17) is 27.6 Å². The number of benzene rings is 2. The topological polar surface area (TPSA) is 42.2 Å². The van der Waals surface area contributed by atoms with Gasteiger partial charge in [0.2, 0.25) is 5.76 Å². The van der Waals surface area contributed by atoms with E-state index in [2.05, 4.69) is 5.32 Å². The predicted octanol–water partition coefficient (Wildman–Crippen LogP) is 6.52. The summed E-state index contributed by atoms with van der Waals surface area (Å²) in [5, 5.41) is 2.99. The Balaban J connectivity index is 2.01. The molecule has 1 N–H and O–H groups in total. The number of para-hydroxylation sites is 1. The Hall–Kier alpha value is -2.44. The highest BCUT2D eigenvalue weighted by Crippen LogP contribution is 2.38. The largest absolute Gasteiger partial charge is 0.451 e. The van der Waals surface area contributed by atoms with Gasteiger partial charge in [-0.25, -0.2) is 0 Å². The smallest absolute Gasteiger partial charge is 0.450 e. The Morgan fingerprint density at radius 2 is 1.65 bits per heavy atom. The van der Waals surface area contributed by atoms with E-state index in [1.807, 2.05) is 0 Å². The lowest BCUT2D eigenvalue weighted by molar-refractivity contribution is -0.153. The molecule has 0 radical (unpaired) electrons. The molecule has 0 aliphatic carbocycles. The van der Waals surface area contributed by atoms with Crippen LogP contribution < -0.4 is 5.32 Å². The highest BCUT2D eigenvalue weighted by atomic mass is 35.5. The second-order valence-corrected chi connectivity index (χ2v) is 6.14. The van der Waals surface area contributed by atoms with E-state index in [-0.39, 0.29) is 16.5 Å². The molecule has 0 saturated carbocycles. The number of alkyl halides is 3. The van der Waals surface area contributed by atoms with Crippen molar-refractivity contribution in [1.29, 1.82) is 0 Å². The average Bonchev–Trinajstić information content (AvgIpc) is 3.03. The number of carbonyl (C=O) groups excluding carboxylic acids is 1. The molecule has 2 aromatic carbocycles. The summed E-state index contributed by atoms with van der Waals surface area (Å²) in [6.45, 7) is 0. The van der Waals surface area contributed by atoms with Crippen LogP contribution in [-0.2, 0) is 6.18 Å². The molecule has 0 unspecified atom stereocenters. The van der Waals surface area contributed by atoms with Gasteiger partial charge < -0.3 is 9.73 Å². The minimum Gasteiger partial charge on any atom is -0.451 e. The number of furan rings is 1. The molecule has 0 aliphatic rings. The minimum absolute atomic E-state index is 0.0988. The van der Waals surface area contributed by atoms with Crippen molar-refractivity contribution in [3.8, 4) is 11.3 Å². The van der Waals surface area contributed by atoms with Crippen molar-refractivity contribution in [3.63, 3.8) is 0 Å². The molecular formula is C18H10Cl2F3NO2. The van der Waals surface area contributed by atoms with Crippen LogP contribution in [0.25, 0.3) is 11.3 Å². The van der Waals surface area contributed by atoms with E-state index in [0.29, 0.717) is 10.6 Å². The van der Waals surface area contributed by atoms with E-state index in [1.54, 1.807) is 12.1 Å². The Kier molecular flexibility index (Phi) is 4.98. The summed E-state index contributed by atoms with van der Waals surface area (Å²) in [6.07, 6.45) is -4.84. The molecule has 0 saturated heterocycles. The highest BCUT2D eigenvalue weighted by Gasteiger charge is 2.40. The molecular weight excluding hydrogens is 390 g/mol. The van der Waals surface area contributed by atoms with E-state index in [9.17, 15) is 18.0 Å². The zero-order chi connectivity index (χ0) is 18.9. The van der Waals surface area contributed by atoms with Crippen LogP contribution in [0, 0.1) is 0 Å². The monoisotopic (exact) mass is 399 g/mol. The molecule has 1 aromatic heterocycles. The van der Waals surface area contributed by atoms with E-state index in [0.717, 1.165) is 6.07 Å². The van der Waals surface area contributed by atoms with E-state index in [1.165, 1.54) is 36.4 Å². The Morgan fingerprint density at radius 1 is 1.00 bits per heavy atom. The van der Waals surface area contributed by atoms with Crippen LogP contribution in [0.2, 0.25) is 10.0 Å². The van der Waals surface area contributed by atoms with Gasteiger partial charge in [0, 0.05) is 10.6 Å². The number of carbonyl (C=O) groups is 1. The fraction of sp³-hybridized carbons (Fsp3) is 0.0556. The fourth-order valence-electron chi connectivity index (χ4n) is 2.28. The van der Waals surface area contributed by atoms with Gasteiger partial charge in [-0.1, -0.05) is 35.3 Å². The van der Waals surface area contributed by atoms with Crippen LogP contribution in [0.5, 0.6) is 0 Å². The van der Waals surface area contributed by atoms with Gasteiger partial charge in [-0.15, -0.1) is 0 Å². The standard InChI is InChI=1S/C18H10Cl2F3NO2/c19-11-7-5-10(6-8-11)15-9-12(16(26-15)18(21,22)23)17(25)24-14-4-2-1-3-13(14)20/h1-9H,(H,24,25). The first-order chi connectivity index (χ1) is 12.3. The van der Waals surface area contributed by atoms with Crippen molar-refractivity contribution in [2.45, 2.75) is 6.18 Å². The van der Waals surface area contributed by atoms with Gasteiger partial charge in [0.25, 0.3) is 5.91 Å². The number of anilines is 1. The van der Waals surface area contributed by atoms with Crippen molar-refractivity contribution in [2.75, 3.05) is 5.32 Å². The maximum absolute atomic E-state index is 13.3. The number of halogens is 5. The minimum atomic E-state index is -4.84. The zero-order valence-electron chi connectivity index (χ0n) is 12.9. The second kappa shape index (κ2) is 7.05. The number of rotatable bonds is 3. The third-order valence-corrected chi connectivity index (χ3v) is 4.07. The lowest BCUT2D eigenvalue weighted by Gasteiger charge is -2.08. The van der Waals surface area contributed by atoms with Crippen LogP contribution in [0.1, 0.15) is 16.1 Å². The molecule has 0 atom stereocenters. The third kappa shape index (κ3) is 3.86. The molecule has 0 bridgehead atoms. The van der Waals surface area contributed by atoms with Gasteiger partial charge in [0.05, 0.1) is 16.3 Å². The molecule has 3 aromatic rings. The molecule has 0 fully saturated rings. The average molecular weight is 400 g/mol. The van der Waals surface area contributed by atoms with Gasteiger partial charge in [0.1, 0.15) is 5.76 Å². The Morgan fingerprint density at radius 3 is 2.27 bits per heavy atom. The number of nitrogens with one attached hydrogen (secondary N) is 1. The maximum atomic E-state index is 13.3. The molecule has 1 amide bonds. The summed E-state index contributed by atoms with van der Waals surface area (Å²) in [5.74, 6) is -2.46. The van der Waals surface area contributed by atoms with Crippen LogP contribution >= 0.6 is 23.2 Å². The molecule has 0 aliphatic heterocycles. The first kappa shape index (κ1) is 18.4. The van der Waals surface area contributed by atoms with E-state index < -0.39 is 23.4 Å². The SMILES string of the molecule is O=C(Nc1ccccc1Cl)c1cc(-c2ccc(Cl)cc2)oc1C(F)(F)F. The first-order valence-electron chi connectivity index (χ1n) is 7.28. The van der Waals surface area contributed by atoms with Gasteiger partial charge in [0.15, 0.2) is 0 Å². The Labute approximate surface area is 156 Å². The second-order valence-electron chi connectivity index (χ2n) is 5.29. The number of hydrogen-bond acceptors (Lipinski definition) is 2. The van der Waals surface area contributed by atoms with Gasteiger partial charge in [-0.05, 0) is 42.5 Å². The van der Waals surface area contributed by atoms with Crippen molar-refractivity contribution in [2.24, 2.45) is 0 Å². The Bertz CT molecular complexity index is 950. The van der Waals surface area contributed by atoms with Crippen molar-refractivity contribution >= 4 is 34.8 Å². The maximum Gasteiger partial charge on any atom is 0.450 e. The van der Waals surface area contributed by atoms with Crippen LogP contribution in [0.3, 0.4) is 0 Å². The summed E-state index contributed by atoms with van der Waals surface area (Å²) >= 11 is 11.7. The number of hydrogen-bond donors (Lipinski definition) is 1. The molecule has 1 heterocycles. The summed E-state index contributed by atoms with van der Waals surface area (Å²) in [7, 11) is 0. The molecule has 3 rings (SSSR count). The van der Waals surface area contributed by atoms with Gasteiger partial charge >= 0.3 is 6.18 Å².